The molecule has 0 atom stereocenters. The summed E-state index contributed by atoms with van der Waals surface area (Å²) >= 11 is 0. The second kappa shape index (κ2) is 7.56. The minimum Gasteiger partial charge on any atom is -0.360 e. The molecule has 0 unspecified atom stereocenters. The van der Waals surface area contributed by atoms with E-state index >= 15 is 0 Å². The minimum atomic E-state index is 0.399. The van der Waals surface area contributed by atoms with Crippen LogP contribution in [0.5, 0.6) is 0 Å². The molecule has 26 heavy (non-hydrogen) atoms. The van der Waals surface area contributed by atoms with Crippen molar-refractivity contribution in [2.24, 2.45) is 0 Å². The molecule has 0 fully saturated rings. The number of anilines is 4. The number of hydrogen-bond donors (Lipinski definition) is 2. The summed E-state index contributed by atoms with van der Waals surface area (Å²) in [6, 6.07) is 10.0. The van der Waals surface area contributed by atoms with Crippen LogP contribution in [0.2, 0.25) is 0 Å². The number of aryl methyl sites for hydroxylation is 1. The first-order chi connectivity index (χ1) is 12.4. The van der Waals surface area contributed by atoms with Gasteiger partial charge in [0.1, 0.15) is 11.6 Å². The molecule has 0 aliphatic carbocycles. The SMILES string of the molecule is Cc1cc(Nc2ccnc(Nc3c(C(C)C)cccc3C(C)C)n2)no1. The van der Waals surface area contributed by atoms with Crippen LogP contribution >= 0.6 is 0 Å². The van der Waals surface area contributed by atoms with E-state index in [1.165, 1.54) is 11.1 Å². The summed E-state index contributed by atoms with van der Waals surface area (Å²) in [6.45, 7) is 10.6. The molecule has 6 heteroatoms. The van der Waals surface area contributed by atoms with Crippen molar-refractivity contribution in [2.75, 3.05) is 10.6 Å². The monoisotopic (exact) mass is 351 g/mol. The first-order valence-corrected chi connectivity index (χ1v) is 8.87. The third-order valence-corrected chi connectivity index (χ3v) is 4.15. The molecule has 136 valence electrons. The summed E-state index contributed by atoms with van der Waals surface area (Å²) < 4.78 is 5.08. The highest BCUT2D eigenvalue weighted by Gasteiger charge is 2.15. The molecule has 0 aliphatic heterocycles. The predicted octanol–water partition coefficient (Wildman–Crippen LogP) is 5.51. The first-order valence-electron chi connectivity index (χ1n) is 8.87. The van der Waals surface area contributed by atoms with Crippen LogP contribution < -0.4 is 10.6 Å². The lowest BCUT2D eigenvalue weighted by atomic mass is 9.93. The highest BCUT2D eigenvalue weighted by atomic mass is 16.5. The zero-order valence-electron chi connectivity index (χ0n) is 15.9. The van der Waals surface area contributed by atoms with Gasteiger partial charge in [-0.3, -0.25) is 0 Å². The summed E-state index contributed by atoms with van der Waals surface area (Å²) in [4.78, 5) is 8.93. The van der Waals surface area contributed by atoms with E-state index in [4.69, 9.17) is 4.52 Å². The molecule has 2 heterocycles. The maximum absolute atomic E-state index is 5.08. The second-order valence-electron chi connectivity index (χ2n) is 6.96. The molecular weight excluding hydrogens is 326 g/mol. The van der Waals surface area contributed by atoms with Crippen LogP contribution in [0.4, 0.5) is 23.3 Å². The summed E-state index contributed by atoms with van der Waals surface area (Å²) in [5, 5.41) is 10.5. The van der Waals surface area contributed by atoms with Crippen molar-refractivity contribution in [1.29, 1.82) is 0 Å². The fraction of sp³-hybridized carbons (Fsp3) is 0.350. The van der Waals surface area contributed by atoms with Crippen molar-refractivity contribution >= 4 is 23.3 Å². The molecule has 0 bridgehead atoms. The van der Waals surface area contributed by atoms with Gasteiger partial charge in [0.25, 0.3) is 0 Å². The smallest absolute Gasteiger partial charge is 0.229 e. The van der Waals surface area contributed by atoms with Crippen molar-refractivity contribution < 1.29 is 4.52 Å². The number of nitrogens with one attached hydrogen (secondary N) is 2. The fourth-order valence-electron chi connectivity index (χ4n) is 2.85. The highest BCUT2D eigenvalue weighted by molar-refractivity contribution is 5.66. The lowest BCUT2D eigenvalue weighted by Gasteiger charge is -2.20. The summed E-state index contributed by atoms with van der Waals surface area (Å²) in [7, 11) is 0. The number of aromatic nitrogens is 3. The van der Waals surface area contributed by atoms with Crippen LogP contribution in [-0.2, 0) is 0 Å². The maximum Gasteiger partial charge on any atom is 0.229 e. The van der Waals surface area contributed by atoms with Crippen molar-refractivity contribution in [1.82, 2.24) is 15.1 Å². The van der Waals surface area contributed by atoms with E-state index in [9.17, 15) is 0 Å². The molecule has 0 saturated heterocycles. The zero-order chi connectivity index (χ0) is 18.7. The molecule has 2 aromatic heterocycles. The van der Waals surface area contributed by atoms with Crippen LogP contribution in [0.25, 0.3) is 0 Å². The Labute approximate surface area is 154 Å². The molecule has 0 spiro atoms. The lowest BCUT2D eigenvalue weighted by Crippen LogP contribution is -2.06. The molecule has 3 aromatic rings. The van der Waals surface area contributed by atoms with Crippen molar-refractivity contribution in [2.45, 2.75) is 46.5 Å². The summed E-state index contributed by atoms with van der Waals surface area (Å²) in [5.41, 5.74) is 3.60. The standard InChI is InChI=1S/C20H25N5O/c1-12(2)15-7-6-8-16(13(3)4)19(15)24-20-21-10-9-17(23-20)22-18-11-14(5)26-25-18/h6-13H,1-5H3,(H2,21,22,23,24,25). The Bertz CT molecular complexity index is 859. The van der Waals surface area contributed by atoms with Crippen LogP contribution in [0.15, 0.2) is 41.1 Å². The summed E-state index contributed by atoms with van der Waals surface area (Å²) in [5.74, 6) is 3.37. The topological polar surface area (TPSA) is 75.9 Å². The average molecular weight is 351 g/mol. The molecule has 1 aromatic carbocycles. The van der Waals surface area contributed by atoms with Gasteiger partial charge < -0.3 is 15.2 Å². The summed E-state index contributed by atoms with van der Waals surface area (Å²) in [6.07, 6.45) is 1.72. The highest BCUT2D eigenvalue weighted by Crippen LogP contribution is 2.34. The van der Waals surface area contributed by atoms with Crippen LogP contribution in [0, 0.1) is 6.92 Å². The molecule has 0 saturated carbocycles. The quantitative estimate of drug-likeness (QED) is 0.610. The van der Waals surface area contributed by atoms with E-state index in [2.05, 4.69) is 71.7 Å². The van der Waals surface area contributed by atoms with Gasteiger partial charge in [-0.2, -0.15) is 4.98 Å². The number of rotatable bonds is 6. The Balaban J connectivity index is 1.90. The van der Waals surface area contributed by atoms with Crippen LogP contribution in [-0.4, -0.2) is 15.1 Å². The average Bonchev–Trinajstić information content (AvgIpc) is 2.99. The molecule has 2 N–H and O–H groups in total. The van der Waals surface area contributed by atoms with E-state index < -0.39 is 0 Å². The molecule has 0 aliphatic rings. The van der Waals surface area contributed by atoms with Crippen molar-refractivity contribution in [3.05, 3.63) is 53.4 Å². The normalized spacial score (nSPS) is 11.2. The van der Waals surface area contributed by atoms with Gasteiger partial charge in [-0.1, -0.05) is 51.1 Å². The van der Waals surface area contributed by atoms with E-state index in [1.54, 1.807) is 12.3 Å². The Hall–Kier alpha value is -2.89. The van der Waals surface area contributed by atoms with Gasteiger partial charge in [-0.15, -0.1) is 0 Å². The van der Waals surface area contributed by atoms with Crippen LogP contribution in [0.3, 0.4) is 0 Å². The third-order valence-electron chi connectivity index (χ3n) is 4.15. The van der Waals surface area contributed by atoms with Gasteiger partial charge in [-0.25, -0.2) is 4.98 Å². The molecule has 0 radical (unpaired) electrons. The van der Waals surface area contributed by atoms with Crippen molar-refractivity contribution in [3.8, 4) is 0 Å². The van der Waals surface area contributed by atoms with E-state index in [0.29, 0.717) is 29.4 Å². The van der Waals surface area contributed by atoms with Gasteiger partial charge in [0.05, 0.1) is 0 Å². The fourth-order valence-corrected chi connectivity index (χ4v) is 2.85. The number of para-hydroxylation sites is 1. The zero-order valence-corrected chi connectivity index (χ0v) is 15.9. The number of hydrogen-bond acceptors (Lipinski definition) is 6. The molecular formula is C20H25N5O. The Morgan fingerprint density at radius 2 is 1.62 bits per heavy atom. The van der Waals surface area contributed by atoms with E-state index in [-0.39, 0.29) is 0 Å². The predicted molar refractivity (Wildman–Crippen MR) is 104 cm³/mol. The lowest BCUT2D eigenvalue weighted by molar-refractivity contribution is 0.400. The molecule has 6 nitrogen and oxygen atoms in total. The van der Waals surface area contributed by atoms with Gasteiger partial charge >= 0.3 is 0 Å². The second-order valence-corrected chi connectivity index (χ2v) is 6.96. The Morgan fingerprint density at radius 1 is 0.923 bits per heavy atom. The van der Waals surface area contributed by atoms with Crippen molar-refractivity contribution in [3.63, 3.8) is 0 Å². The van der Waals surface area contributed by atoms with E-state index in [1.807, 2.05) is 13.0 Å². The third kappa shape index (κ3) is 4.02. The largest absolute Gasteiger partial charge is 0.360 e. The minimum absolute atomic E-state index is 0.399. The Kier molecular flexibility index (Phi) is 5.21. The maximum atomic E-state index is 5.08. The molecule has 0 amide bonds. The number of benzene rings is 1. The van der Waals surface area contributed by atoms with Gasteiger partial charge in [-0.05, 0) is 36.0 Å². The Morgan fingerprint density at radius 3 is 2.19 bits per heavy atom. The first kappa shape index (κ1) is 17.9. The van der Waals surface area contributed by atoms with Gasteiger partial charge in [0, 0.05) is 18.0 Å². The van der Waals surface area contributed by atoms with Crippen LogP contribution in [0.1, 0.15) is 56.4 Å². The van der Waals surface area contributed by atoms with E-state index in [0.717, 1.165) is 11.4 Å². The van der Waals surface area contributed by atoms with Gasteiger partial charge in [0.2, 0.25) is 5.95 Å². The van der Waals surface area contributed by atoms with Gasteiger partial charge in [0.15, 0.2) is 5.82 Å². The molecule has 3 rings (SSSR count). The number of nitrogens with zero attached hydrogens (tertiary/aromatic N) is 3.